The summed E-state index contributed by atoms with van der Waals surface area (Å²) in [7, 11) is 0. The van der Waals surface area contributed by atoms with Gasteiger partial charge in [0.15, 0.2) is 0 Å². The van der Waals surface area contributed by atoms with Crippen molar-refractivity contribution in [2.45, 2.75) is 12.7 Å². The minimum absolute atomic E-state index is 0.320. The highest BCUT2D eigenvalue weighted by atomic mass is 79.9. The molecule has 0 saturated heterocycles. The molecule has 2 aromatic carbocycles. The molecule has 0 unspecified atom stereocenters. The molecule has 1 N–H and O–H groups in total. The van der Waals surface area contributed by atoms with Gasteiger partial charge < -0.3 is 5.32 Å². The van der Waals surface area contributed by atoms with Crippen LogP contribution in [0, 0.1) is 0 Å². The predicted molar refractivity (Wildman–Crippen MR) is 82.9 cm³/mol. The fraction of sp³-hybridized carbons (Fsp3) is 0.143. The normalized spacial score (nSPS) is 11.5. The Kier molecular flexibility index (Phi) is 5.07. The third-order valence-electron chi connectivity index (χ3n) is 2.75. The van der Waals surface area contributed by atoms with E-state index in [2.05, 4.69) is 21.2 Å². The summed E-state index contributed by atoms with van der Waals surface area (Å²) in [6.45, 7) is 0.353. The molecule has 2 aromatic rings. The van der Waals surface area contributed by atoms with Gasteiger partial charge in [0.25, 0.3) is 0 Å². The number of halogens is 6. The zero-order valence-electron chi connectivity index (χ0n) is 10.4. The average Bonchev–Trinajstić information content (AvgIpc) is 2.40. The molecular weight excluding hydrogens is 390 g/mol. The van der Waals surface area contributed by atoms with Crippen LogP contribution in [0.1, 0.15) is 11.1 Å². The third kappa shape index (κ3) is 4.28. The highest BCUT2D eigenvalue weighted by molar-refractivity contribution is 9.10. The standard InChI is InChI=1S/C14H9BrCl2F3N/c15-11-3-1-8(5-13(11)17)7-21-9-2-4-12(16)10(6-9)14(18,19)20/h1-6,21H,7H2. The van der Waals surface area contributed by atoms with E-state index in [-0.39, 0.29) is 5.02 Å². The Bertz CT molecular complexity index is 659. The van der Waals surface area contributed by atoms with Crippen molar-refractivity contribution >= 4 is 44.8 Å². The second-order valence-corrected chi connectivity index (χ2v) is 5.96. The van der Waals surface area contributed by atoms with Crippen LogP contribution in [0.2, 0.25) is 10.0 Å². The van der Waals surface area contributed by atoms with Gasteiger partial charge in [-0.1, -0.05) is 29.3 Å². The van der Waals surface area contributed by atoms with Gasteiger partial charge >= 0.3 is 6.18 Å². The maximum absolute atomic E-state index is 12.8. The SMILES string of the molecule is FC(F)(F)c1cc(NCc2ccc(Br)c(Cl)c2)ccc1Cl. The van der Waals surface area contributed by atoms with E-state index in [0.717, 1.165) is 16.1 Å². The zero-order chi connectivity index (χ0) is 15.6. The summed E-state index contributed by atoms with van der Waals surface area (Å²) < 4.78 is 39.0. The molecule has 0 amide bonds. The lowest BCUT2D eigenvalue weighted by Crippen LogP contribution is -2.07. The first-order valence-electron chi connectivity index (χ1n) is 5.82. The summed E-state index contributed by atoms with van der Waals surface area (Å²) in [5.74, 6) is 0. The molecule has 0 aliphatic heterocycles. The van der Waals surface area contributed by atoms with Gasteiger partial charge in [0.1, 0.15) is 0 Å². The van der Waals surface area contributed by atoms with E-state index < -0.39 is 11.7 Å². The molecule has 7 heteroatoms. The van der Waals surface area contributed by atoms with Gasteiger partial charge in [-0.05, 0) is 51.8 Å². The molecule has 0 aliphatic carbocycles. The molecule has 0 bridgehead atoms. The van der Waals surface area contributed by atoms with Crippen molar-refractivity contribution in [3.63, 3.8) is 0 Å². The van der Waals surface area contributed by atoms with E-state index in [0.29, 0.717) is 17.3 Å². The summed E-state index contributed by atoms with van der Waals surface area (Å²) in [5, 5.41) is 3.14. The monoisotopic (exact) mass is 397 g/mol. The van der Waals surface area contributed by atoms with Gasteiger partial charge in [0, 0.05) is 16.7 Å². The van der Waals surface area contributed by atoms with Gasteiger partial charge in [-0.25, -0.2) is 0 Å². The number of hydrogen-bond acceptors (Lipinski definition) is 1. The maximum atomic E-state index is 12.8. The third-order valence-corrected chi connectivity index (χ3v) is 4.31. The molecule has 0 aliphatic rings. The molecule has 0 heterocycles. The molecular formula is C14H9BrCl2F3N. The van der Waals surface area contributed by atoms with Crippen molar-refractivity contribution in [3.8, 4) is 0 Å². The lowest BCUT2D eigenvalue weighted by Gasteiger charge is -2.12. The minimum Gasteiger partial charge on any atom is -0.381 e. The second-order valence-electron chi connectivity index (χ2n) is 4.29. The van der Waals surface area contributed by atoms with E-state index in [1.807, 2.05) is 6.07 Å². The molecule has 112 valence electrons. The van der Waals surface area contributed by atoms with Gasteiger partial charge in [0.05, 0.1) is 15.6 Å². The van der Waals surface area contributed by atoms with Gasteiger partial charge in [-0.2, -0.15) is 13.2 Å². The van der Waals surface area contributed by atoms with Crippen LogP contribution in [-0.4, -0.2) is 0 Å². The molecule has 0 fully saturated rings. The lowest BCUT2D eigenvalue weighted by atomic mass is 10.1. The van der Waals surface area contributed by atoms with E-state index in [1.165, 1.54) is 12.1 Å². The smallest absolute Gasteiger partial charge is 0.381 e. The quantitative estimate of drug-likeness (QED) is 0.631. The van der Waals surface area contributed by atoms with Crippen molar-refractivity contribution < 1.29 is 13.2 Å². The summed E-state index contributed by atoms with van der Waals surface area (Å²) in [6, 6.07) is 9.05. The van der Waals surface area contributed by atoms with E-state index >= 15 is 0 Å². The van der Waals surface area contributed by atoms with Crippen molar-refractivity contribution in [3.05, 3.63) is 62.0 Å². The first kappa shape index (κ1) is 16.5. The number of benzene rings is 2. The van der Waals surface area contributed by atoms with E-state index in [1.54, 1.807) is 12.1 Å². The largest absolute Gasteiger partial charge is 0.417 e. The zero-order valence-corrected chi connectivity index (χ0v) is 13.5. The molecule has 0 saturated carbocycles. The Balaban J connectivity index is 2.15. The first-order valence-corrected chi connectivity index (χ1v) is 7.37. The van der Waals surface area contributed by atoms with Crippen LogP contribution in [-0.2, 0) is 12.7 Å². The lowest BCUT2D eigenvalue weighted by molar-refractivity contribution is -0.137. The van der Waals surface area contributed by atoms with E-state index in [9.17, 15) is 13.2 Å². The Hall–Kier alpha value is -0.910. The number of rotatable bonds is 3. The van der Waals surface area contributed by atoms with Crippen LogP contribution in [0.4, 0.5) is 18.9 Å². The Labute approximate surface area is 138 Å². The molecule has 2 rings (SSSR count). The molecule has 21 heavy (non-hydrogen) atoms. The van der Waals surface area contributed by atoms with Crippen molar-refractivity contribution in [1.29, 1.82) is 0 Å². The number of nitrogens with one attached hydrogen (secondary N) is 1. The average molecular weight is 399 g/mol. The molecule has 0 spiro atoms. The van der Waals surface area contributed by atoms with E-state index in [4.69, 9.17) is 23.2 Å². The van der Waals surface area contributed by atoms with Crippen LogP contribution in [0.5, 0.6) is 0 Å². The Morgan fingerprint density at radius 1 is 1.00 bits per heavy atom. The summed E-state index contributed by atoms with van der Waals surface area (Å²) in [4.78, 5) is 0. The minimum atomic E-state index is -4.48. The fourth-order valence-corrected chi connectivity index (χ4v) is 2.38. The Morgan fingerprint density at radius 3 is 2.33 bits per heavy atom. The van der Waals surface area contributed by atoms with Gasteiger partial charge in [-0.3, -0.25) is 0 Å². The van der Waals surface area contributed by atoms with Crippen LogP contribution in [0.15, 0.2) is 40.9 Å². The van der Waals surface area contributed by atoms with Crippen molar-refractivity contribution in [1.82, 2.24) is 0 Å². The summed E-state index contributed by atoms with van der Waals surface area (Å²) in [6.07, 6.45) is -4.48. The molecule has 0 radical (unpaired) electrons. The predicted octanol–water partition coefficient (Wildman–Crippen LogP) is 6.39. The number of alkyl halides is 3. The molecule has 0 atom stereocenters. The van der Waals surface area contributed by atoms with Crippen LogP contribution >= 0.6 is 39.1 Å². The van der Waals surface area contributed by atoms with Crippen molar-refractivity contribution in [2.24, 2.45) is 0 Å². The number of anilines is 1. The molecule has 0 aromatic heterocycles. The molecule has 1 nitrogen and oxygen atoms in total. The van der Waals surface area contributed by atoms with Gasteiger partial charge in [-0.15, -0.1) is 0 Å². The fourth-order valence-electron chi connectivity index (χ4n) is 1.71. The van der Waals surface area contributed by atoms with Crippen molar-refractivity contribution in [2.75, 3.05) is 5.32 Å². The van der Waals surface area contributed by atoms with Gasteiger partial charge in [0.2, 0.25) is 0 Å². The topological polar surface area (TPSA) is 12.0 Å². The maximum Gasteiger partial charge on any atom is 0.417 e. The van der Waals surface area contributed by atoms with Crippen LogP contribution < -0.4 is 5.32 Å². The summed E-state index contributed by atoms with van der Waals surface area (Å²) >= 11 is 14.8. The van der Waals surface area contributed by atoms with Crippen LogP contribution in [0.25, 0.3) is 0 Å². The number of hydrogen-bond donors (Lipinski definition) is 1. The first-order chi connectivity index (χ1) is 9.77. The Morgan fingerprint density at radius 2 is 1.71 bits per heavy atom. The highest BCUT2D eigenvalue weighted by Gasteiger charge is 2.33. The van der Waals surface area contributed by atoms with Crippen LogP contribution in [0.3, 0.4) is 0 Å². The highest BCUT2D eigenvalue weighted by Crippen LogP contribution is 2.36. The second kappa shape index (κ2) is 6.46. The summed E-state index contributed by atoms with van der Waals surface area (Å²) in [5.41, 5.74) is 0.334.